The van der Waals surface area contributed by atoms with Crippen molar-refractivity contribution in [1.29, 1.82) is 0 Å². The number of ether oxygens (including phenoxy) is 3. The lowest BCUT2D eigenvalue weighted by Crippen LogP contribution is -2.47. The van der Waals surface area contributed by atoms with E-state index in [9.17, 15) is 9.59 Å². The van der Waals surface area contributed by atoms with Gasteiger partial charge < -0.3 is 19.5 Å². The van der Waals surface area contributed by atoms with E-state index in [1.165, 1.54) is 12.8 Å². The van der Waals surface area contributed by atoms with E-state index in [0.717, 1.165) is 23.0 Å². The second-order valence-electron chi connectivity index (χ2n) is 12.8. The number of carbonyl (C=O) groups excluding carboxylic acids is 2. The summed E-state index contributed by atoms with van der Waals surface area (Å²) < 4.78 is 18.7. The number of rotatable bonds is 6. The quantitative estimate of drug-likeness (QED) is 0.351. The first-order chi connectivity index (χ1) is 17.6. The Morgan fingerprint density at radius 2 is 1.82 bits per heavy atom. The SMILES string of the molecule is CC(C)(C)OC(=O)OC1(C)CC(COC(=O)Nc2cc(NC3CCCC3)nc3c(Br)c(C(C)(C)C)nn23)C1. The molecule has 0 bridgehead atoms. The van der Waals surface area contributed by atoms with Crippen LogP contribution in [0.4, 0.5) is 21.2 Å². The van der Waals surface area contributed by atoms with Gasteiger partial charge in [0.2, 0.25) is 0 Å². The summed E-state index contributed by atoms with van der Waals surface area (Å²) in [7, 11) is 0. The molecule has 0 aliphatic heterocycles. The fourth-order valence-corrected chi connectivity index (χ4v) is 6.01. The molecule has 2 aliphatic rings. The van der Waals surface area contributed by atoms with E-state index in [1.807, 2.05) is 6.92 Å². The lowest BCUT2D eigenvalue weighted by atomic mass is 9.72. The summed E-state index contributed by atoms with van der Waals surface area (Å²) in [6, 6.07) is 2.16. The molecule has 38 heavy (non-hydrogen) atoms. The molecule has 0 unspecified atom stereocenters. The van der Waals surface area contributed by atoms with Gasteiger partial charge in [-0.05, 0) is 69.3 Å². The number of hydrogen-bond donors (Lipinski definition) is 2. The van der Waals surface area contributed by atoms with E-state index in [0.29, 0.717) is 36.2 Å². The van der Waals surface area contributed by atoms with Crippen molar-refractivity contribution in [2.75, 3.05) is 17.2 Å². The van der Waals surface area contributed by atoms with Crippen molar-refractivity contribution in [2.24, 2.45) is 5.92 Å². The molecule has 10 nitrogen and oxygen atoms in total. The van der Waals surface area contributed by atoms with Crippen LogP contribution in [0.2, 0.25) is 0 Å². The minimum atomic E-state index is -0.680. The average molecular weight is 595 g/mol. The summed E-state index contributed by atoms with van der Waals surface area (Å²) in [5, 5.41) is 11.1. The predicted molar refractivity (Wildman–Crippen MR) is 149 cm³/mol. The van der Waals surface area contributed by atoms with Crippen molar-refractivity contribution >= 4 is 45.5 Å². The Labute approximate surface area is 232 Å². The Bertz CT molecular complexity index is 1190. The molecule has 2 fully saturated rings. The van der Waals surface area contributed by atoms with Crippen molar-refractivity contribution in [3.8, 4) is 0 Å². The normalized spacial score (nSPS) is 22.2. The van der Waals surface area contributed by atoms with Crippen LogP contribution in [0, 0.1) is 5.92 Å². The van der Waals surface area contributed by atoms with Crippen LogP contribution in [0.1, 0.15) is 92.7 Å². The van der Waals surface area contributed by atoms with E-state index in [1.54, 1.807) is 31.4 Å². The van der Waals surface area contributed by atoms with Gasteiger partial charge in [0.25, 0.3) is 0 Å². The monoisotopic (exact) mass is 593 g/mol. The highest BCUT2D eigenvalue weighted by Gasteiger charge is 2.45. The van der Waals surface area contributed by atoms with Crippen LogP contribution in [0.15, 0.2) is 10.5 Å². The molecule has 2 heterocycles. The maximum absolute atomic E-state index is 12.8. The van der Waals surface area contributed by atoms with Crippen LogP contribution in [0.25, 0.3) is 5.65 Å². The third kappa shape index (κ3) is 6.90. The number of amides is 1. The number of anilines is 2. The highest BCUT2D eigenvalue weighted by atomic mass is 79.9. The minimum absolute atomic E-state index is 0.0941. The van der Waals surface area contributed by atoms with Crippen LogP contribution in [-0.4, -0.2) is 50.7 Å². The molecule has 2 saturated carbocycles. The number of hydrogen-bond acceptors (Lipinski definition) is 8. The zero-order valence-electron chi connectivity index (χ0n) is 23.4. The van der Waals surface area contributed by atoms with Gasteiger partial charge >= 0.3 is 12.2 Å². The van der Waals surface area contributed by atoms with Gasteiger partial charge in [-0.2, -0.15) is 9.61 Å². The van der Waals surface area contributed by atoms with Crippen molar-refractivity contribution in [1.82, 2.24) is 14.6 Å². The van der Waals surface area contributed by atoms with Crippen molar-refractivity contribution in [3.05, 3.63) is 16.2 Å². The Morgan fingerprint density at radius 1 is 1.16 bits per heavy atom. The van der Waals surface area contributed by atoms with Crippen LogP contribution in [-0.2, 0) is 19.6 Å². The number of nitrogens with one attached hydrogen (secondary N) is 2. The predicted octanol–water partition coefficient (Wildman–Crippen LogP) is 6.81. The van der Waals surface area contributed by atoms with Crippen LogP contribution in [0.5, 0.6) is 0 Å². The fraction of sp³-hybridized carbons (Fsp3) is 0.704. The molecule has 2 aromatic rings. The van der Waals surface area contributed by atoms with Gasteiger partial charge in [0.1, 0.15) is 22.8 Å². The van der Waals surface area contributed by atoms with Crippen LogP contribution in [0.3, 0.4) is 0 Å². The molecule has 0 spiro atoms. The van der Waals surface area contributed by atoms with Gasteiger partial charge in [0.05, 0.1) is 16.8 Å². The smallest absolute Gasteiger partial charge is 0.449 e. The maximum atomic E-state index is 12.8. The third-order valence-corrected chi connectivity index (χ3v) is 7.52. The van der Waals surface area contributed by atoms with E-state index in [4.69, 9.17) is 24.3 Å². The average Bonchev–Trinajstić information content (AvgIpc) is 3.37. The number of aromatic nitrogens is 3. The molecule has 11 heteroatoms. The molecule has 2 aliphatic carbocycles. The summed E-state index contributed by atoms with van der Waals surface area (Å²) in [5.74, 6) is 1.26. The highest BCUT2D eigenvalue weighted by molar-refractivity contribution is 9.10. The van der Waals surface area contributed by atoms with Crippen molar-refractivity contribution < 1.29 is 23.8 Å². The van der Waals surface area contributed by atoms with Gasteiger partial charge in [0, 0.05) is 23.4 Å². The standard InChI is InChI=1S/C27H40BrN5O5/c1-25(2,3)21-20(28)22-30-18(29-17-10-8-9-11-17)12-19(33(22)32-21)31-23(34)36-15-16-13-27(7,14-16)38-24(35)37-26(4,5)6/h12,16-17H,8-11,13-15H2,1-7H3,(H,29,30)(H,31,34). The summed E-state index contributed by atoms with van der Waals surface area (Å²) in [5.41, 5.74) is 0.0259. The first kappa shape index (κ1) is 28.4. The number of halogens is 1. The number of nitrogens with zero attached hydrogens (tertiary/aromatic N) is 3. The summed E-state index contributed by atoms with van der Waals surface area (Å²) >= 11 is 3.68. The molecule has 0 aromatic carbocycles. The molecule has 1 amide bonds. The van der Waals surface area contributed by atoms with Crippen molar-refractivity contribution in [3.63, 3.8) is 0 Å². The Balaban J connectivity index is 1.41. The summed E-state index contributed by atoms with van der Waals surface area (Å²) in [4.78, 5) is 29.6. The van der Waals surface area contributed by atoms with Gasteiger partial charge in [0.15, 0.2) is 5.65 Å². The molecule has 0 atom stereocenters. The fourth-order valence-electron chi connectivity index (χ4n) is 5.08. The molecule has 0 saturated heterocycles. The van der Waals surface area contributed by atoms with Gasteiger partial charge in [-0.3, -0.25) is 5.32 Å². The van der Waals surface area contributed by atoms with E-state index >= 15 is 0 Å². The molecular weight excluding hydrogens is 554 g/mol. The number of fused-ring (bicyclic) bond motifs is 1. The minimum Gasteiger partial charge on any atom is -0.449 e. The second-order valence-corrected chi connectivity index (χ2v) is 13.6. The van der Waals surface area contributed by atoms with Gasteiger partial charge in [-0.15, -0.1) is 0 Å². The van der Waals surface area contributed by atoms with Crippen molar-refractivity contribution in [2.45, 2.75) is 110 Å². The summed E-state index contributed by atoms with van der Waals surface area (Å²) in [6.45, 7) is 13.7. The highest BCUT2D eigenvalue weighted by Crippen LogP contribution is 2.41. The molecule has 2 N–H and O–H groups in total. The molecule has 0 radical (unpaired) electrons. The van der Waals surface area contributed by atoms with E-state index in [-0.39, 0.29) is 17.9 Å². The van der Waals surface area contributed by atoms with E-state index in [2.05, 4.69) is 47.3 Å². The Kier molecular flexibility index (Phi) is 7.89. The Morgan fingerprint density at radius 3 is 2.42 bits per heavy atom. The molecule has 2 aromatic heterocycles. The third-order valence-electron chi connectivity index (χ3n) is 6.79. The Hall–Kier alpha value is -2.56. The van der Waals surface area contributed by atoms with Gasteiger partial charge in [-0.1, -0.05) is 33.6 Å². The van der Waals surface area contributed by atoms with Gasteiger partial charge in [-0.25, -0.2) is 14.6 Å². The topological polar surface area (TPSA) is 116 Å². The second kappa shape index (κ2) is 10.5. The largest absolute Gasteiger partial charge is 0.509 e. The zero-order valence-corrected chi connectivity index (χ0v) is 25.0. The van der Waals surface area contributed by atoms with Crippen LogP contribution >= 0.6 is 15.9 Å². The number of carbonyl (C=O) groups is 2. The van der Waals surface area contributed by atoms with E-state index < -0.39 is 23.5 Å². The maximum Gasteiger partial charge on any atom is 0.509 e. The first-order valence-corrected chi connectivity index (χ1v) is 14.1. The molecule has 4 rings (SSSR count). The first-order valence-electron chi connectivity index (χ1n) is 13.3. The summed E-state index contributed by atoms with van der Waals surface area (Å²) in [6.07, 6.45) is 4.53. The molecule has 210 valence electrons. The van der Waals surface area contributed by atoms with Crippen LogP contribution < -0.4 is 10.6 Å². The lowest BCUT2D eigenvalue weighted by Gasteiger charge is -2.43. The zero-order chi connectivity index (χ0) is 27.9. The molecular formula is C27H40BrN5O5. The lowest BCUT2D eigenvalue weighted by molar-refractivity contribution is -0.118.